The third-order valence-corrected chi connectivity index (χ3v) is 2.08. The van der Waals surface area contributed by atoms with Crippen molar-refractivity contribution in [3.63, 3.8) is 0 Å². The summed E-state index contributed by atoms with van der Waals surface area (Å²) in [5.41, 5.74) is 1.17. The Morgan fingerprint density at radius 3 is 3.00 bits per heavy atom. The van der Waals surface area contributed by atoms with Crippen LogP contribution in [0.4, 0.5) is 5.82 Å². The number of aliphatic hydroxyl groups is 1. The maximum atomic E-state index is 10.7. The molecular formula is C9H9N3O3. The van der Waals surface area contributed by atoms with E-state index >= 15 is 0 Å². The summed E-state index contributed by atoms with van der Waals surface area (Å²) in [5, 5.41) is 19.4. The predicted octanol–water partition coefficient (Wildman–Crippen LogP) is 0.777. The fourth-order valence-electron chi connectivity index (χ4n) is 1.43. The Kier molecular flexibility index (Phi) is 2.34. The van der Waals surface area contributed by atoms with E-state index in [0.29, 0.717) is 17.8 Å². The summed E-state index contributed by atoms with van der Waals surface area (Å²) < 4.78 is 1.41. The zero-order valence-corrected chi connectivity index (χ0v) is 7.83. The Morgan fingerprint density at radius 2 is 2.33 bits per heavy atom. The third-order valence-electron chi connectivity index (χ3n) is 2.08. The number of imidazole rings is 1. The lowest BCUT2D eigenvalue weighted by Crippen LogP contribution is -1.95. The van der Waals surface area contributed by atoms with Crippen LogP contribution in [-0.2, 0) is 6.42 Å². The van der Waals surface area contributed by atoms with Crippen molar-refractivity contribution in [1.29, 1.82) is 0 Å². The summed E-state index contributed by atoms with van der Waals surface area (Å²) in [4.78, 5) is 14.4. The molecule has 2 heterocycles. The monoisotopic (exact) mass is 207 g/mol. The number of nitro groups is 1. The average molecular weight is 207 g/mol. The van der Waals surface area contributed by atoms with E-state index < -0.39 is 4.92 Å². The molecule has 0 unspecified atom stereocenters. The van der Waals surface area contributed by atoms with Crippen LogP contribution in [0.15, 0.2) is 24.4 Å². The summed E-state index contributed by atoms with van der Waals surface area (Å²) in [5.74, 6) is -0.0239. The lowest BCUT2D eigenvalue weighted by Gasteiger charge is -1.94. The lowest BCUT2D eigenvalue weighted by atomic mass is 10.3. The molecule has 1 N–H and O–H groups in total. The Hall–Kier alpha value is -1.95. The average Bonchev–Trinajstić information content (AvgIpc) is 2.59. The lowest BCUT2D eigenvalue weighted by molar-refractivity contribution is -0.390. The molecule has 0 aliphatic carbocycles. The minimum absolute atomic E-state index is 0.0162. The molecule has 0 saturated carbocycles. The largest absolute Gasteiger partial charge is 0.396 e. The molecule has 2 rings (SSSR count). The first-order valence-electron chi connectivity index (χ1n) is 4.44. The van der Waals surface area contributed by atoms with Gasteiger partial charge >= 0.3 is 5.82 Å². The van der Waals surface area contributed by atoms with Crippen molar-refractivity contribution in [2.45, 2.75) is 6.42 Å². The Balaban J connectivity index is 2.59. The normalized spacial score (nSPS) is 10.7. The Labute approximate surface area is 84.9 Å². The summed E-state index contributed by atoms with van der Waals surface area (Å²) in [6.45, 7) is -0.0162. The molecule has 15 heavy (non-hydrogen) atoms. The van der Waals surface area contributed by atoms with Gasteiger partial charge in [0.1, 0.15) is 6.20 Å². The molecule has 2 aromatic heterocycles. The van der Waals surface area contributed by atoms with Gasteiger partial charge in [-0.2, -0.15) is 4.40 Å². The molecule has 78 valence electrons. The number of aliphatic hydroxyl groups excluding tert-OH is 1. The number of fused-ring (bicyclic) bond motifs is 1. The van der Waals surface area contributed by atoms with Crippen LogP contribution in [0, 0.1) is 10.1 Å². The van der Waals surface area contributed by atoms with Crippen molar-refractivity contribution in [2.75, 3.05) is 6.61 Å². The van der Waals surface area contributed by atoms with Gasteiger partial charge in [-0.15, -0.1) is 0 Å². The SMILES string of the molecule is O=[N+]([O-])c1cccc2nc(CCO)cn12. The molecular weight excluding hydrogens is 198 g/mol. The van der Waals surface area contributed by atoms with Crippen LogP contribution in [-0.4, -0.2) is 26.0 Å². The van der Waals surface area contributed by atoms with Gasteiger partial charge < -0.3 is 15.2 Å². The molecule has 0 aliphatic heterocycles. The van der Waals surface area contributed by atoms with E-state index in [1.807, 2.05) is 0 Å². The van der Waals surface area contributed by atoms with Crippen LogP contribution in [0.5, 0.6) is 0 Å². The minimum Gasteiger partial charge on any atom is -0.396 e. The summed E-state index contributed by atoms with van der Waals surface area (Å²) in [6.07, 6.45) is 1.97. The second-order valence-corrected chi connectivity index (χ2v) is 3.08. The molecule has 0 radical (unpaired) electrons. The number of nitrogens with zero attached hydrogens (tertiary/aromatic N) is 3. The van der Waals surface area contributed by atoms with Crippen molar-refractivity contribution in [3.05, 3.63) is 40.2 Å². The highest BCUT2D eigenvalue weighted by Gasteiger charge is 2.13. The van der Waals surface area contributed by atoms with E-state index in [-0.39, 0.29) is 12.4 Å². The number of aromatic nitrogens is 2. The molecule has 0 aromatic carbocycles. The molecule has 0 amide bonds. The highest BCUT2D eigenvalue weighted by Crippen LogP contribution is 2.15. The van der Waals surface area contributed by atoms with Gasteiger partial charge in [-0.25, -0.2) is 4.98 Å². The number of hydrogen-bond donors (Lipinski definition) is 1. The summed E-state index contributed by atoms with van der Waals surface area (Å²) in [7, 11) is 0. The van der Waals surface area contributed by atoms with Crippen LogP contribution in [0.2, 0.25) is 0 Å². The molecule has 0 spiro atoms. The zero-order chi connectivity index (χ0) is 10.8. The van der Waals surface area contributed by atoms with Gasteiger partial charge in [0, 0.05) is 25.2 Å². The van der Waals surface area contributed by atoms with Gasteiger partial charge in [-0.3, -0.25) is 0 Å². The van der Waals surface area contributed by atoms with E-state index in [1.165, 1.54) is 10.5 Å². The maximum absolute atomic E-state index is 10.7. The Bertz CT molecular complexity index is 506. The van der Waals surface area contributed by atoms with Gasteiger partial charge in [-0.05, 0) is 11.0 Å². The smallest absolute Gasteiger partial charge is 0.329 e. The first-order valence-corrected chi connectivity index (χ1v) is 4.44. The van der Waals surface area contributed by atoms with Crippen molar-refractivity contribution < 1.29 is 10.0 Å². The fourth-order valence-corrected chi connectivity index (χ4v) is 1.43. The molecule has 2 aromatic rings. The van der Waals surface area contributed by atoms with Crippen LogP contribution >= 0.6 is 0 Å². The molecule has 0 bridgehead atoms. The highest BCUT2D eigenvalue weighted by molar-refractivity contribution is 5.45. The molecule has 0 atom stereocenters. The summed E-state index contributed by atoms with van der Waals surface area (Å²) in [6, 6.07) is 4.69. The van der Waals surface area contributed by atoms with Crippen molar-refractivity contribution in [1.82, 2.24) is 9.38 Å². The van der Waals surface area contributed by atoms with E-state index in [2.05, 4.69) is 4.98 Å². The van der Waals surface area contributed by atoms with Crippen LogP contribution < -0.4 is 0 Å². The van der Waals surface area contributed by atoms with E-state index in [1.54, 1.807) is 18.3 Å². The van der Waals surface area contributed by atoms with Crippen LogP contribution in [0.1, 0.15) is 5.69 Å². The van der Waals surface area contributed by atoms with E-state index in [0.717, 1.165) is 0 Å². The number of rotatable bonds is 3. The van der Waals surface area contributed by atoms with Crippen molar-refractivity contribution in [3.8, 4) is 0 Å². The van der Waals surface area contributed by atoms with E-state index in [4.69, 9.17) is 5.11 Å². The molecule has 0 saturated heterocycles. The first-order chi connectivity index (χ1) is 7.22. The maximum Gasteiger partial charge on any atom is 0.329 e. The molecule has 6 nitrogen and oxygen atoms in total. The molecule has 0 fully saturated rings. The third kappa shape index (κ3) is 1.66. The summed E-state index contributed by atoms with van der Waals surface area (Å²) >= 11 is 0. The topological polar surface area (TPSA) is 80.7 Å². The first kappa shape index (κ1) is 9.60. The Morgan fingerprint density at radius 1 is 1.53 bits per heavy atom. The van der Waals surface area contributed by atoms with Gasteiger partial charge in [0.2, 0.25) is 5.65 Å². The van der Waals surface area contributed by atoms with Crippen LogP contribution in [0.25, 0.3) is 5.65 Å². The predicted molar refractivity (Wildman–Crippen MR) is 52.6 cm³/mol. The quantitative estimate of drug-likeness (QED) is 0.595. The minimum atomic E-state index is -0.461. The standard InChI is InChI=1S/C9H9N3O3/c13-5-4-7-6-11-8(10-7)2-1-3-9(11)12(14)15/h1-3,6,13H,4-5H2. The molecule has 0 aliphatic rings. The van der Waals surface area contributed by atoms with Gasteiger partial charge in [0.15, 0.2) is 0 Å². The zero-order valence-electron chi connectivity index (χ0n) is 7.83. The van der Waals surface area contributed by atoms with E-state index in [9.17, 15) is 10.1 Å². The van der Waals surface area contributed by atoms with Gasteiger partial charge in [0.25, 0.3) is 0 Å². The van der Waals surface area contributed by atoms with Gasteiger partial charge in [0.05, 0.1) is 5.69 Å². The fraction of sp³-hybridized carbons (Fsp3) is 0.222. The number of hydrogen-bond acceptors (Lipinski definition) is 4. The van der Waals surface area contributed by atoms with Gasteiger partial charge in [-0.1, -0.05) is 0 Å². The van der Waals surface area contributed by atoms with Crippen LogP contribution in [0.3, 0.4) is 0 Å². The second kappa shape index (κ2) is 3.66. The number of pyridine rings is 1. The molecule has 6 heteroatoms. The highest BCUT2D eigenvalue weighted by atomic mass is 16.6. The van der Waals surface area contributed by atoms with Crippen molar-refractivity contribution >= 4 is 11.5 Å². The van der Waals surface area contributed by atoms with Crippen molar-refractivity contribution in [2.24, 2.45) is 0 Å². The second-order valence-electron chi connectivity index (χ2n) is 3.08.